The first-order chi connectivity index (χ1) is 11.7. The van der Waals surface area contributed by atoms with Gasteiger partial charge in [-0.15, -0.1) is 0 Å². The lowest BCUT2D eigenvalue weighted by atomic mass is 9.94. The van der Waals surface area contributed by atoms with Crippen molar-refractivity contribution in [3.05, 3.63) is 0 Å². The third kappa shape index (κ3) is 9.94. The Morgan fingerprint density at radius 1 is 0.750 bits per heavy atom. The molecule has 2 atom stereocenters. The van der Waals surface area contributed by atoms with Gasteiger partial charge in [-0.05, 0) is 32.1 Å². The molecular weight excluding hydrogens is 304 g/mol. The van der Waals surface area contributed by atoms with Crippen LogP contribution >= 0.6 is 0 Å². The maximum absolute atomic E-state index is 11.9. The van der Waals surface area contributed by atoms with Gasteiger partial charge < -0.3 is 9.47 Å². The number of esters is 2. The first-order valence-electron chi connectivity index (χ1n) is 10.0. The minimum absolute atomic E-state index is 0.0738. The molecule has 4 nitrogen and oxygen atoms in total. The van der Waals surface area contributed by atoms with Gasteiger partial charge in [0.05, 0.1) is 0 Å². The van der Waals surface area contributed by atoms with Gasteiger partial charge in [0, 0.05) is 19.3 Å². The molecule has 140 valence electrons. The minimum atomic E-state index is -0.0948. The molecule has 0 N–H and O–H groups in total. The number of unbranched alkanes of at least 4 members (excludes halogenated alkanes) is 6. The van der Waals surface area contributed by atoms with Crippen molar-refractivity contribution in [1.29, 1.82) is 0 Å². The van der Waals surface area contributed by atoms with Crippen LogP contribution in [0.4, 0.5) is 0 Å². The van der Waals surface area contributed by atoms with E-state index in [1.165, 1.54) is 25.7 Å². The smallest absolute Gasteiger partial charge is 0.306 e. The topological polar surface area (TPSA) is 52.6 Å². The van der Waals surface area contributed by atoms with E-state index in [2.05, 4.69) is 13.8 Å². The van der Waals surface area contributed by atoms with Crippen molar-refractivity contribution < 1.29 is 19.1 Å². The zero-order valence-electron chi connectivity index (χ0n) is 15.7. The number of hydrogen-bond acceptors (Lipinski definition) is 4. The van der Waals surface area contributed by atoms with Gasteiger partial charge in [-0.2, -0.15) is 0 Å². The van der Waals surface area contributed by atoms with E-state index in [0.29, 0.717) is 19.3 Å². The van der Waals surface area contributed by atoms with Gasteiger partial charge in [0.25, 0.3) is 0 Å². The number of hydrogen-bond donors (Lipinski definition) is 0. The third-order valence-electron chi connectivity index (χ3n) is 4.64. The highest BCUT2D eigenvalue weighted by Gasteiger charge is 2.27. The Bertz CT molecular complexity index is 322. The van der Waals surface area contributed by atoms with Gasteiger partial charge in [-0.25, -0.2) is 0 Å². The van der Waals surface area contributed by atoms with Crippen LogP contribution in [0.5, 0.6) is 0 Å². The van der Waals surface area contributed by atoms with Gasteiger partial charge in [-0.1, -0.05) is 52.4 Å². The molecule has 1 aliphatic carbocycles. The lowest BCUT2D eigenvalue weighted by Crippen LogP contribution is -2.31. The van der Waals surface area contributed by atoms with E-state index in [-0.39, 0.29) is 24.1 Å². The molecular formula is C20H36O4. The van der Waals surface area contributed by atoms with Gasteiger partial charge in [0.2, 0.25) is 0 Å². The number of rotatable bonds is 12. The summed E-state index contributed by atoms with van der Waals surface area (Å²) in [7, 11) is 0. The maximum atomic E-state index is 11.9. The van der Waals surface area contributed by atoms with Crippen molar-refractivity contribution in [3.63, 3.8) is 0 Å². The third-order valence-corrected chi connectivity index (χ3v) is 4.64. The molecule has 4 heteroatoms. The molecule has 0 aliphatic heterocycles. The molecule has 1 aliphatic rings. The Labute approximate surface area is 147 Å². The minimum Gasteiger partial charge on any atom is -0.462 e. The summed E-state index contributed by atoms with van der Waals surface area (Å²) in [4.78, 5) is 23.8. The molecule has 0 saturated heterocycles. The summed E-state index contributed by atoms with van der Waals surface area (Å²) < 4.78 is 11.1. The Morgan fingerprint density at radius 3 is 1.62 bits per heavy atom. The fourth-order valence-corrected chi connectivity index (χ4v) is 3.20. The number of carbonyl (C=O) groups excluding carboxylic acids is 2. The average Bonchev–Trinajstić information content (AvgIpc) is 2.56. The van der Waals surface area contributed by atoms with Crippen molar-refractivity contribution in [2.24, 2.45) is 0 Å². The highest BCUT2D eigenvalue weighted by atomic mass is 16.6. The molecule has 1 rings (SSSR count). The summed E-state index contributed by atoms with van der Waals surface area (Å²) in [6.07, 6.45) is 13.0. The first kappa shape index (κ1) is 21.0. The highest BCUT2D eigenvalue weighted by Crippen LogP contribution is 2.24. The van der Waals surface area contributed by atoms with Crippen molar-refractivity contribution in [2.75, 3.05) is 0 Å². The molecule has 0 aromatic rings. The van der Waals surface area contributed by atoms with E-state index in [9.17, 15) is 9.59 Å². The highest BCUT2D eigenvalue weighted by molar-refractivity contribution is 5.70. The lowest BCUT2D eigenvalue weighted by Gasteiger charge is -2.28. The zero-order chi connectivity index (χ0) is 17.6. The predicted octanol–water partition coefficient (Wildman–Crippen LogP) is 5.32. The molecule has 1 fully saturated rings. The SMILES string of the molecule is CCCCCCC(=O)OC1CCCC(OC(=O)CCCCCC)C1. The second-order valence-electron chi connectivity index (χ2n) is 7.01. The molecule has 24 heavy (non-hydrogen) atoms. The second kappa shape index (κ2) is 13.3. The maximum Gasteiger partial charge on any atom is 0.306 e. The van der Waals surface area contributed by atoms with Crippen LogP contribution in [0.25, 0.3) is 0 Å². The van der Waals surface area contributed by atoms with Crippen molar-refractivity contribution in [1.82, 2.24) is 0 Å². The van der Waals surface area contributed by atoms with E-state index >= 15 is 0 Å². The number of carbonyl (C=O) groups is 2. The van der Waals surface area contributed by atoms with Gasteiger partial charge in [0.1, 0.15) is 12.2 Å². The van der Waals surface area contributed by atoms with Crippen LogP contribution in [0.1, 0.15) is 104 Å². The normalized spacial score (nSPS) is 20.6. The van der Waals surface area contributed by atoms with Crippen LogP contribution in [-0.4, -0.2) is 24.1 Å². The molecule has 0 bridgehead atoms. The molecule has 0 amide bonds. The molecule has 0 heterocycles. The largest absolute Gasteiger partial charge is 0.462 e. The van der Waals surface area contributed by atoms with Gasteiger partial charge in [-0.3, -0.25) is 9.59 Å². The summed E-state index contributed by atoms with van der Waals surface area (Å²) in [5, 5.41) is 0. The van der Waals surface area contributed by atoms with Crippen LogP contribution in [-0.2, 0) is 19.1 Å². The first-order valence-corrected chi connectivity index (χ1v) is 10.0. The fraction of sp³-hybridized carbons (Fsp3) is 0.900. The van der Waals surface area contributed by atoms with Gasteiger partial charge in [0.15, 0.2) is 0 Å². The summed E-state index contributed by atoms with van der Waals surface area (Å²) in [6.45, 7) is 4.32. The summed E-state index contributed by atoms with van der Waals surface area (Å²) >= 11 is 0. The lowest BCUT2D eigenvalue weighted by molar-refractivity contribution is -0.158. The molecule has 1 saturated carbocycles. The number of ether oxygens (including phenoxy) is 2. The monoisotopic (exact) mass is 340 g/mol. The van der Waals surface area contributed by atoms with Crippen molar-refractivity contribution in [2.45, 2.75) is 116 Å². The molecule has 0 spiro atoms. The van der Waals surface area contributed by atoms with Crippen LogP contribution in [0.2, 0.25) is 0 Å². The fourth-order valence-electron chi connectivity index (χ4n) is 3.20. The van der Waals surface area contributed by atoms with Crippen LogP contribution in [0.3, 0.4) is 0 Å². The molecule has 0 aromatic carbocycles. The van der Waals surface area contributed by atoms with E-state index in [1.807, 2.05) is 0 Å². The summed E-state index contributed by atoms with van der Waals surface area (Å²) in [6, 6.07) is 0. The van der Waals surface area contributed by atoms with E-state index in [4.69, 9.17) is 9.47 Å². The average molecular weight is 341 g/mol. The molecule has 0 aromatic heterocycles. The Hall–Kier alpha value is -1.06. The van der Waals surface area contributed by atoms with E-state index in [1.54, 1.807) is 0 Å². The van der Waals surface area contributed by atoms with E-state index in [0.717, 1.165) is 44.9 Å². The molecule has 2 unspecified atom stereocenters. The Kier molecular flexibility index (Phi) is 11.6. The molecule has 0 radical (unpaired) electrons. The van der Waals surface area contributed by atoms with Gasteiger partial charge >= 0.3 is 11.9 Å². The van der Waals surface area contributed by atoms with Crippen LogP contribution in [0.15, 0.2) is 0 Å². The summed E-state index contributed by atoms with van der Waals surface area (Å²) in [5.74, 6) is -0.190. The Morgan fingerprint density at radius 2 is 1.21 bits per heavy atom. The quantitative estimate of drug-likeness (QED) is 0.356. The predicted molar refractivity (Wildman–Crippen MR) is 95.7 cm³/mol. The van der Waals surface area contributed by atoms with Crippen LogP contribution in [0, 0.1) is 0 Å². The zero-order valence-corrected chi connectivity index (χ0v) is 15.7. The van der Waals surface area contributed by atoms with Crippen molar-refractivity contribution >= 4 is 11.9 Å². The van der Waals surface area contributed by atoms with E-state index < -0.39 is 0 Å². The summed E-state index contributed by atoms with van der Waals surface area (Å²) in [5.41, 5.74) is 0. The second-order valence-corrected chi connectivity index (χ2v) is 7.01. The Balaban J connectivity index is 2.18. The van der Waals surface area contributed by atoms with Crippen LogP contribution < -0.4 is 0 Å². The van der Waals surface area contributed by atoms with Crippen molar-refractivity contribution in [3.8, 4) is 0 Å². The standard InChI is InChI=1S/C20H36O4/c1-3-5-7-9-14-19(21)23-17-12-11-13-18(16-17)24-20(22)15-10-8-6-4-2/h17-18H,3-16H2,1-2H3.